The summed E-state index contributed by atoms with van der Waals surface area (Å²) in [6, 6.07) is 9.69. The second-order valence-electron chi connectivity index (χ2n) is 1.89. The second kappa shape index (κ2) is 2.54. The molecule has 0 spiro atoms. The molecule has 0 aliphatic carbocycles. The van der Waals surface area contributed by atoms with Crippen molar-refractivity contribution in [1.82, 2.24) is 0 Å². The Kier molecular flexibility index (Phi) is 1.73. The van der Waals surface area contributed by atoms with Gasteiger partial charge in [0.15, 0.2) is 0 Å². The van der Waals surface area contributed by atoms with E-state index in [2.05, 4.69) is 6.58 Å². The van der Waals surface area contributed by atoms with Crippen molar-refractivity contribution in [1.29, 1.82) is 0 Å². The van der Waals surface area contributed by atoms with Crippen molar-refractivity contribution in [2.45, 2.75) is 0 Å². The van der Waals surface area contributed by atoms with Gasteiger partial charge in [-0.3, -0.25) is 0 Å². The number of hydrogen-bond acceptors (Lipinski definition) is 0. The highest BCUT2D eigenvalue weighted by atomic mass is 13.9. The minimum atomic E-state index is 0.621. The minimum Gasteiger partial charge on any atom is -0.106 e. The molecule has 0 aliphatic heterocycles. The highest BCUT2D eigenvalue weighted by Crippen LogP contribution is 2.05. The maximum Gasteiger partial charge on any atom is 0.113 e. The van der Waals surface area contributed by atoms with Crippen molar-refractivity contribution in [2.24, 2.45) is 0 Å². The van der Waals surface area contributed by atoms with Crippen LogP contribution in [0, 0.1) is 0 Å². The predicted molar refractivity (Wildman–Crippen MR) is 41.2 cm³/mol. The van der Waals surface area contributed by atoms with E-state index >= 15 is 0 Å². The van der Waals surface area contributed by atoms with Crippen molar-refractivity contribution in [2.75, 3.05) is 0 Å². The summed E-state index contributed by atoms with van der Waals surface area (Å²) in [5, 5.41) is 0. The number of rotatable bonds is 1. The SMILES string of the molecule is [B]C(=C)c1ccccc1. The zero-order chi connectivity index (χ0) is 6.69. The monoisotopic (exact) mass is 114 g/mol. The van der Waals surface area contributed by atoms with Crippen LogP contribution < -0.4 is 0 Å². The van der Waals surface area contributed by atoms with Crippen LogP contribution in [0.25, 0.3) is 5.47 Å². The lowest BCUT2D eigenvalue weighted by molar-refractivity contribution is 1.66. The topological polar surface area (TPSA) is 0 Å². The molecule has 0 atom stereocenters. The summed E-state index contributed by atoms with van der Waals surface area (Å²) >= 11 is 0. The quantitative estimate of drug-likeness (QED) is 0.488. The van der Waals surface area contributed by atoms with Crippen LogP contribution in [0.3, 0.4) is 0 Å². The fourth-order valence-corrected chi connectivity index (χ4v) is 0.652. The summed E-state index contributed by atoms with van der Waals surface area (Å²) in [5.74, 6) is 0. The van der Waals surface area contributed by atoms with Crippen molar-refractivity contribution in [3.05, 3.63) is 42.5 Å². The molecule has 0 N–H and O–H groups in total. The third-order valence-corrected chi connectivity index (χ3v) is 1.14. The molecule has 0 aromatic heterocycles. The average Bonchev–Trinajstić information content (AvgIpc) is 1.90. The normalized spacial score (nSPS) is 8.89. The molecule has 0 amide bonds. The smallest absolute Gasteiger partial charge is 0.106 e. The molecule has 0 fully saturated rings. The first-order chi connectivity index (χ1) is 4.30. The summed E-state index contributed by atoms with van der Waals surface area (Å²) < 4.78 is 0. The van der Waals surface area contributed by atoms with Crippen molar-refractivity contribution in [3.63, 3.8) is 0 Å². The zero-order valence-electron chi connectivity index (χ0n) is 5.17. The lowest BCUT2D eigenvalue weighted by atomic mass is 9.90. The Morgan fingerprint density at radius 2 is 1.78 bits per heavy atom. The molecule has 9 heavy (non-hydrogen) atoms. The van der Waals surface area contributed by atoms with E-state index in [0.717, 1.165) is 5.56 Å². The molecule has 0 heterocycles. The molecule has 1 heteroatoms. The van der Waals surface area contributed by atoms with Crippen LogP contribution in [0.2, 0.25) is 0 Å². The van der Waals surface area contributed by atoms with Gasteiger partial charge in [-0.05, 0) is 5.56 Å². The number of benzene rings is 1. The fraction of sp³-hybridized carbons (Fsp3) is 0. The minimum absolute atomic E-state index is 0.621. The van der Waals surface area contributed by atoms with E-state index in [4.69, 9.17) is 7.85 Å². The summed E-state index contributed by atoms with van der Waals surface area (Å²) in [5.41, 5.74) is 1.62. The molecule has 0 bridgehead atoms. The van der Waals surface area contributed by atoms with E-state index in [0.29, 0.717) is 5.47 Å². The van der Waals surface area contributed by atoms with Crippen LogP contribution in [0.4, 0.5) is 0 Å². The molecule has 0 saturated carbocycles. The van der Waals surface area contributed by atoms with Gasteiger partial charge in [0.05, 0.1) is 0 Å². The summed E-state index contributed by atoms with van der Waals surface area (Å²) in [7, 11) is 5.42. The molecule has 0 aliphatic rings. The Balaban J connectivity index is 2.98. The third kappa shape index (κ3) is 1.46. The predicted octanol–water partition coefficient (Wildman–Crippen LogP) is 1.83. The Labute approximate surface area is 56.6 Å². The maximum absolute atomic E-state index is 5.42. The summed E-state index contributed by atoms with van der Waals surface area (Å²) in [6.07, 6.45) is 0. The lowest BCUT2D eigenvalue weighted by Gasteiger charge is -1.95. The van der Waals surface area contributed by atoms with Gasteiger partial charge >= 0.3 is 0 Å². The van der Waals surface area contributed by atoms with Gasteiger partial charge in [0.25, 0.3) is 0 Å². The number of hydrogen-bond donors (Lipinski definition) is 0. The zero-order valence-corrected chi connectivity index (χ0v) is 5.17. The van der Waals surface area contributed by atoms with Crippen LogP contribution in [0.15, 0.2) is 36.9 Å². The largest absolute Gasteiger partial charge is 0.113 e. The summed E-state index contributed by atoms with van der Waals surface area (Å²) in [6.45, 7) is 3.60. The molecule has 1 aromatic rings. The highest BCUT2D eigenvalue weighted by molar-refractivity contribution is 6.41. The second-order valence-corrected chi connectivity index (χ2v) is 1.89. The van der Waals surface area contributed by atoms with E-state index in [1.54, 1.807) is 0 Å². The average molecular weight is 114 g/mol. The van der Waals surface area contributed by atoms with Crippen molar-refractivity contribution < 1.29 is 0 Å². The molecule has 2 radical (unpaired) electrons. The van der Waals surface area contributed by atoms with Crippen LogP contribution in [-0.4, -0.2) is 7.85 Å². The van der Waals surface area contributed by atoms with Crippen LogP contribution in [0.1, 0.15) is 5.56 Å². The van der Waals surface area contributed by atoms with E-state index in [9.17, 15) is 0 Å². The van der Waals surface area contributed by atoms with Gasteiger partial charge in [-0.1, -0.05) is 35.8 Å². The van der Waals surface area contributed by atoms with E-state index in [1.807, 2.05) is 30.3 Å². The summed E-state index contributed by atoms with van der Waals surface area (Å²) in [4.78, 5) is 0. The Morgan fingerprint density at radius 1 is 1.22 bits per heavy atom. The molecule has 0 unspecified atom stereocenters. The third-order valence-electron chi connectivity index (χ3n) is 1.14. The first-order valence-corrected chi connectivity index (χ1v) is 2.80. The van der Waals surface area contributed by atoms with E-state index < -0.39 is 0 Å². The molecular formula is C8H7B. The first kappa shape index (κ1) is 6.15. The van der Waals surface area contributed by atoms with Gasteiger partial charge in [0.1, 0.15) is 7.85 Å². The van der Waals surface area contributed by atoms with Crippen LogP contribution in [0.5, 0.6) is 0 Å². The Hall–Kier alpha value is -0.975. The standard InChI is InChI=1S/C8H7B/c1-7(9)8-5-3-2-4-6-8/h2-6H,1H2. The lowest BCUT2D eigenvalue weighted by Crippen LogP contribution is -1.77. The van der Waals surface area contributed by atoms with Gasteiger partial charge in [0.2, 0.25) is 0 Å². The Morgan fingerprint density at radius 3 is 2.11 bits per heavy atom. The molecule has 0 nitrogen and oxygen atoms in total. The van der Waals surface area contributed by atoms with Crippen molar-refractivity contribution >= 4 is 13.3 Å². The van der Waals surface area contributed by atoms with Gasteiger partial charge in [0, 0.05) is 0 Å². The van der Waals surface area contributed by atoms with Crippen LogP contribution in [-0.2, 0) is 0 Å². The van der Waals surface area contributed by atoms with Crippen LogP contribution >= 0.6 is 0 Å². The first-order valence-electron chi connectivity index (χ1n) is 2.80. The molecule has 42 valence electrons. The van der Waals surface area contributed by atoms with Crippen molar-refractivity contribution in [3.8, 4) is 0 Å². The van der Waals surface area contributed by atoms with Gasteiger partial charge < -0.3 is 0 Å². The van der Waals surface area contributed by atoms with E-state index in [1.165, 1.54) is 0 Å². The highest BCUT2D eigenvalue weighted by Gasteiger charge is 1.85. The van der Waals surface area contributed by atoms with Gasteiger partial charge in [-0.15, -0.1) is 6.58 Å². The fourth-order valence-electron chi connectivity index (χ4n) is 0.652. The molecule has 0 saturated heterocycles. The molecule has 1 aromatic carbocycles. The molecule has 1 rings (SSSR count). The van der Waals surface area contributed by atoms with E-state index in [-0.39, 0.29) is 0 Å². The van der Waals surface area contributed by atoms with Gasteiger partial charge in [-0.2, -0.15) is 0 Å². The molecular weight excluding hydrogens is 107 g/mol. The maximum atomic E-state index is 5.42. The van der Waals surface area contributed by atoms with Gasteiger partial charge in [-0.25, -0.2) is 0 Å². The Bertz CT molecular complexity index is 201.